The Morgan fingerprint density at radius 3 is 2.23 bits per heavy atom. The number of carbonyl (C=O) groups excluding carboxylic acids is 3. The Morgan fingerprint density at radius 2 is 1.62 bits per heavy atom. The lowest BCUT2D eigenvalue weighted by atomic mass is 10.1. The Balaban J connectivity index is 1.81. The Morgan fingerprint density at radius 1 is 0.962 bits per heavy atom. The summed E-state index contributed by atoms with van der Waals surface area (Å²) >= 11 is 9.06. The molecule has 26 heavy (non-hydrogen) atoms. The van der Waals surface area contributed by atoms with Crippen molar-refractivity contribution in [3.8, 4) is 5.75 Å². The van der Waals surface area contributed by atoms with Crippen molar-refractivity contribution in [3.05, 3.63) is 63.1 Å². The number of ketones is 2. The van der Waals surface area contributed by atoms with Crippen LogP contribution in [0.4, 0.5) is 0 Å². The summed E-state index contributed by atoms with van der Waals surface area (Å²) in [5, 5.41) is 0.532. The smallest absolute Gasteiger partial charge is 0.306 e. The SMILES string of the molecule is COc1ccc(C(=O)COC(=O)CCC(=O)c2ccc(Cl)cc2)cc1Br. The summed E-state index contributed by atoms with van der Waals surface area (Å²) in [7, 11) is 1.52. The monoisotopic (exact) mass is 438 g/mol. The van der Waals surface area contributed by atoms with Crippen LogP contribution in [0.3, 0.4) is 0 Å². The van der Waals surface area contributed by atoms with Crippen LogP contribution in [0.25, 0.3) is 0 Å². The zero-order valence-electron chi connectivity index (χ0n) is 14.0. The number of ether oxygens (including phenoxy) is 2. The highest BCUT2D eigenvalue weighted by Crippen LogP contribution is 2.25. The third-order valence-corrected chi connectivity index (χ3v) is 4.43. The van der Waals surface area contributed by atoms with E-state index in [-0.39, 0.29) is 31.0 Å². The van der Waals surface area contributed by atoms with Crippen molar-refractivity contribution < 1.29 is 23.9 Å². The van der Waals surface area contributed by atoms with Crippen LogP contribution in [0.1, 0.15) is 33.6 Å². The van der Waals surface area contributed by atoms with Crippen molar-refractivity contribution in [1.82, 2.24) is 0 Å². The van der Waals surface area contributed by atoms with Gasteiger partial charge in [-0.15, -0.1) is 0 Å². The number of Topliss-reactive ketones (excluding diaryl/α,β-unsaturated/α-hetero) is 2. The van der Waals surface area contributed by atoms with Crippen molar-refractivity contribution in [1.29, 1.82) is 0 Å². The summed E-state index contributed by atoms with van der Waals surface area (Å²) in [6.45, 7) is -0.382. The van der Waals surface area contributed by atoms with E-state index >= 15 is 0 Å². The highest BCUT2D eigenvalue weighted by molar-refractivity contribution is 9.10. The molecule has 2 aromatic carbocycles. The van der Waals surface area contributed by atoms with Gasteiger partial charge in [0.2, 0.25) is 0 Å². The number of carbonyl (C=O) groups is 3. The lowest BCUT2D eigenvalue weighted by molar-refractivity contribution is -0.142. The Labute approximate surface area is 164 Å². The van der Waals surface area contributed by atoms with E-state index < -0.39 is 5.97 Å². The molecule has 0 saturated carbocycles. The molecule has 0 heterocycles. The molecule has 0 bridgehead atoms. The minimum absolute atomic E-state index is 0.00272. The molecular formula is C19H16BrClO5. The molecule has 0 N–H and O–H groups in total. The third kappa shape index (κ3) is 5.68. The first-order valence-electron chi connectivity index (χ1n) is 7.72. The van der Waals surface area contributed by atoms with Gasteiger partial charge in [0.15, 0.2) is 18.2 Å². The number of benzene rings is 2. The van der Waals surface area contributed by atoms with Crippen molar-refractivity contribution in [3.63, 3.8) is 0 Å². The van der Waals surface area contributed by atoms with Gasteiger partial charge in [-0.1, -0.05) is 11.6 Å². The molecule has 0 aliphatic heterocycles. The van der Waals surface area contributed by atoms with Gasteiger partial charge in [-0.05, 0) is 58.4 Å². The highest BCUT2D eigenvalue weighted by atomic mass is 79.9. The molecule has 2 rings (SSSR count). The maximum absolute atomic E-state index is 12.1. The summed E-state index contributed by atoms with van der Waals surface area (Å²) in [6.07, 6.45) is -0.0935. The molecule has 136 valence electrons. The van der Waals surface area contributed by atoms with E-state index in [0.717, 1.165) is 0 Å². The van der Waals surface area contributed by atoms with E-state index in [9.17, 15) is 14.4 Å². The first kappa shape index (κ1) is 20.1. The predicted molar refractivity (Wildman–Crippen MR) is 101 cm³/mol. The van der Waals surface area contributed by atoms with E-state index in [0.29, 0.717) is 26.4 Å². The topological polar surface area (TPSA) is 69.7 Å². The van der Waals surface area contributed by atoms with Gasteiger partial charge in [-0.3, -0.25) is 14.4 Å². The van der Waals surface area contributed by atoms with Gasteiger partial charge in [-0.25, -0.2) is 0 Å². The van der Waals surface area contributed by atoms with E-state index in [1.807, 2.05) is 0 Å². The second-order valence-electron chi connectivity index (χ2n) is 5.36. The largest absolute Gasteiger partial charge is 0.496 e. The first-order chi connectivity index (χ1) is 12.4. The van der Waals surface area contributed by atoms with Crippen LogP contribution in [-0.2, 0) is 9.53 Å². The second-order valence-corrected chi connectivity index (χ2v) is 6.65. The second kappa shape index (κ2) is 9.50. The van der Waals surface area contributed by atoms with Crippen LogP contribution >= 0.6 is 27.5 Å². The summed E-state index contributed by atoms with van der Waals surface area (Å²) in [5.74, 6) is -0.540. The predicted octanol–water partition coefficient (Wildman–Crippen LogP) is 4.50. The van der Waals surface area contributed by atoms with Crippen molar-refractivity contribution in [2.75, 3.05) is 13.7 Å². The van der Waals surface area contributed by atoms with Crippen LogP contribution in [0.5, 0.6) is 5.75 Å². The molecule has 5 nitrogen and oxygen atoms in total. The summed E-state index contributed by atoms with van der Waals surface area (Å²) < 4.78 is 10.7. The fourth-order valence-corrected chi connectivity index (χ4v) is 2.80. The third-order valence-electron chi connectivity index (χ3n) is 3.56. The average Bonchev–Trinajstić information content (AvgIpc) is 2.64. The number of methoxy groups -OCH3 is 1. The van der Waals surface area contributed by atoms with Gasteiger partial charge in [0.05, 0.1) is 18.0 Å². The van der Waals surface area contributed by atoms with Gasteiger partial charge >= 0.3 is 5.97 Å². The molecule has 0 fully saturated rings. The Kier molecular flexibility index (Phi) is 7.36. The fraction of sp³-hybridized carbons (Fsp3) is 0.211. The minimum Gasteiger partial charge on any atom is -0.496 e. The van der Waals surface area contributed by atoms with Gasteiger partial charge in [-0.2, -0.15) is 0 Å². The Hall–Kier alpha value is -2.18. The number of rotatable bonds is 8. The number of hydrogen-bond donors (Lipinski definition) is 0. The van der Waals surface area contributed by atoms with Gasteiger partial charge in [0, 0.05) is 22.6 Å². The normalized spacial score (nSPS) is 10.3. The van der Waals surface area contributed by atoms with Crippen molar-refractivity contribution in [2.24, 2.45) is 0 Å². The lowest BCUT2D eigenvalue weighted by Gasteiger charge is -2.07. The maximum atomic E-state index is 12.1. The average molecular weight is 440 g/mol. The number of esters is 1. The summed E-state index contributed by atoms with van der Waals surface area (Å²) in [4.78, 5) is 35.8. The molecule has 0 radical (unpaired) electrons. The molecule has 0 aliphatic rings. The van der Waals surface area contributed by atoms with Crippen LogP contribution < -0.4 is 4.74 Å². The highest BCUT2D eigenvalue weighted by Gasteiger charge is 2.14. The lowest BCUT2D eigenvalue weighted by Crippen LogP contribution is -2.15. The van der Waals surface area contributed by atoms with Crippen LogP contribution in [-0.4, -0.2) is 31.3 Å². The van der Waals surface area contributed by atoms with Gasteiger partial charge in [0.25, 0.3) is 0 Å². The molecule has 0 unspecified atom stereocenters. The summed E-state index contributed by atoms with van der Waals surface area (Å²) in [6, 6.07) is 11.2. The summed E-state index contributed by atoms with van der Waals surface area (Å²) in [5.41, 5.74) is 0.865. The zero-order valence-corrected chi connectivity index (χ0v) is 16.3. The fourth-order valence-electron chi connectivity index (χ4n) is 2.14. The maximum Gasteiger partial charge on any atom is 0.306 e. The zero-order chi connectivity index (χ0) is 19.1. The molecule has 0 atom stereocenters. The van der Waals surface area contributed by atoms with Crippen molar-refractivity contribution in [2.45, 2.75) is 12.8 Å². The van der Waals surface area contributed by atoms with Crippen LogP contribution in [0.15, 0.2) is 46.9 Å². The van der Waals surface area contributed by atoms with Crippen LogP contribution in [0.2, 0.25) is 5.02 Å². The Bertz CT molecular complexity index is 817. The first-order valence-corrected chi connectivity index (χ1v) is 8.89. The minimum atomic E-state index is -0.603. The van der Waals surface area contributed by atoms with Crippen LogP contribution in [0, 0.1) is 0 Å². The molecule has 0 amide bonds. The molecule has 2 aromatic rings. The molecule has 7 heteroatoms. The molecule has 0 aliphatic carbocycles. The molecule has 0 aromatic heterocycles. The van der Waals surface area contributed by atoms with E-state index in [1.165, 1.54) is 7.11 Å². The van der Waals surface area contributed by atoms with E-state index in [4.69, 9.17) is 21.1 Å². The van der Waals surface area contributed by atoms with Crippen molar-refractivity contribution >= 4 is 45.1 Å². The van der Waals surface area contributed by atoms with Gasteiger partial charge in [0.1, 0.15) is 5.75 Å². The molecular weight excluding hydrogens is 424 g/mol. The number of halogens is 2. The molecule has 0 saturated heterocycles. The van der Waals surface area contributed by atoms with E-state index in [1.54, 1.807) is 42.5 Å². The van der Waals surface area contributed by atoms with E-state index in [2.05, 4.69) is 15.9 Å². The van der Waals surface area contributed by atoms with Gasteiger partial charge < -0.3 is 9.47 Å². The molecule has 0 spiro atoms. The quantitative estimate of drug-likeness (QED) is 0.447. The number of hydrogen-bond acceptors (Lipinski definition) is 5. The standard InChI is InChI=1S/C19H16BrClO5/c1-25-18-8-4-13(10-15(18)20)17(23)11-26-19(24)9-7-16(22)12-2-5-14(21)6-3-12/h2-6,8,10H,7,9,11H2,1H3.